The number of benzene rings is 1. The Labute approximate surface area is 206 Å². The topological polar surface area (TPSA) is 110 Å². The number of ether oxygens (including phenoxy) is 1. The van der Waals surface area contributed by atoms with Gasteiger partial charge >= 0.3 is 6.09 Å². The van der Waals surface area contributed by atoms with Gasteiger partial charge in [-0.05, 0) is 96.1 Å². The van der Waals surface area contributed by atoms with E-state index in [4.69, 9.17) is 4.74 Å². The van der Waals surface area contributed by atoms with E-state index in [0.29, 0.717) is 11.3 Å². The van der Waals surface area contributed by atoms with E-state index in [0.717, 1.165) is 43.8 Å². The van der Waals surface area contributed by atoms with E-state index < -0.39 is 31.4 Å². The van der Waals surface area contributed by atoms with Crippen molar-refractivity contribution in [3.63, 3.8) is 0 Å². The van der Waals surface area contributed by atoms with Crippen molar-refractivity contribution < 1.29 is 26.4 Å². The summed E-state index contributed by atoms with van der Waals surface area (Å²) in [5.41, 5.74) is -0.623. The molecule has 1 saturated heterocycles. The lowest BCUT2D eigenvalue weighted by molar-refractivity contribution is 0.0524. The van der Waals surface area contributed by atoms with Crippen LogP contribution >= 0.6 is 11.3 Å². The molecule has 1 N–H and O–H groups in total. The molecule has 8 nitrogen and oxygen atoms in total. The van der Waals surface area contributed by atoms with Crippen molar-refractivity contribution in [3.8, 4) is 0 Å². The molecule has 0 unspecified atom stereocenters. The molecule has 2 heterocycles. The first kappa shape index (κ1) is 26.7. The van der Waals surface area contributed by atoms with Crippen molar-refractivity contribution in [2.75, 3.05) is 25.4 Å². The first-order valence-electron chi connectivity index (χ1n) is 11.2. The molecular weight excluding hydrogens is 496 g/mol. The van der Waals surface area contributed by atoms with E-state index in [-0.39, 0.29) is 26.3 Å². The molecule has 1 aromatic carbocycles. The van der Waals surface area contributed by atoms with Gasteiger partial charge in [0.05, 0.1) is 22.1 Å². The van der Waals surface area contributed by atoms with Crippen LogP contribution in [0, 0.1) is 0 Å². The average Bonchev–Trinajstić information content (AvgIpc) is 3.43. The predicted molar refractivity (Wildman–Crippen MR) is 132 cm³/mol. The molecule has 1 aliphatic heterocycles. The average molecular weight is 529 g/mol. The summed E-state index contributed by atoms with van der Waals surface area (Å²) >= 11 is 1.05. The standard InChI is InChI=1S/C23H32N2O6S3/c1-23(2,3)31-22(26)24-17-18-7-12-21(32-18)34(29,30)20-10-8-19(9-11-20)33(27,28)16-6-15-25-13-4-5-14-25/h7-12H,4-6,13-17H2,1-3H3,(H,24,26). The first-order valence-corrected chi connectivity index (χ1v) is 15.2. The number of carbonyl (C=O) groups is 1. The zero-order valence-corrected chi connectivity index (χ0v) is 22.2. The minimum Gasteiger partial charge on any atom is -0.444 e. The summed E-state index contributed by atoms with van der Waals surface area (Å²) in [5, 5.41) is 2.60. The number of alkyl carbamates (subject to hydrolysis) is 1. The smallest absolute Gasteiger partial charge is 0.407 e. The molecule has 0 aliphatic carbocycles. The van der Waals surface area contributed by atoms with Gasteiger partial charge in [-0.15, -0.1) is 11.3 Å². The molecule has 0 bridgehead atoms. The second-order valence-corrected chi connectivity index (χ2v) is 14.7. The van der Waals surface area contributed by atoms with Gasteiger partial charge < -0.3 is 15.0 Å². The zero-order chi connectivity index (χ0) is 25.0. The van der Waals surface area contributed by atoms with Crippen molar-refractivity contribution in [3.05, 3.63) is 41.3 Å². The van der Waals surface area contributed by atoms with Gasteiger partial charge in [0.25, 0.3) is 0 Å². The fourth-order valence-corrected chi connectivity index (χ4v) is 7.61. The van der Waals surface area contributed by atoms with Gasteiger partial charge in [0, 0.05) is 4.88 Å². The van der Waals surface area contributed by atoms with Crippen molar-refractivity contribution in [1.82, 2.24) is 10.2 Å². The van der Waals surface area contributed by atoms with Crippen LogP contribution in [-0.4, -0.2) is 58.8 Å². The highest BCUT2D eigenvalue weighted by molar-refractivity contribution is 7.93. The highest BCUT2D eigenvalue weighted by Crippen LogP contribution is 2.29. The molecule has 1 aromatic heterocycles. The Bertz CT molecular complexity index is 1190. The fourth-order valence-electron chi connectivity index (χ4n) is 3.62. The monoisotopic (exact) mass is 528 g/mol. The highest BCUT2D eigenvalue weighted by atomic mass is 32.2. The molecule has 34 heavy (non-hydrogen) atoms. The summed E-state index contributed by atoms with van der Waals surface area (Å²) in [7, 11) is -7.28. The number of nitrogens with one attached hydrogen (secondary N) is 1. The van der Waals surface area contributed by atoms with Gasteiger partial charge in [-0.3, -0.25) is 0 Å². The number of hydrogen-bond donors (Lipinski definition) is 1. The van der Waals surface area contributed by atoms with Gasteiger partial charge in [0.2, 0.25) is 9.84 Å². The molecule has 1 amide bonds. The zero-order valence-electron chi connectivity index (χ0n) is 19.7. The van der Waals surface area contributed by atoms with Gasteiger partial charge in [-0.2, -0.15) is 0 Å². The fraction of sp³-hybridized carbons (Fsp3) is 0.522. The van der Waals surface area contributed by atoms with Crippen LogP contribution in [-0.2, 0) is 31.0 Å². The van der Waals surface area contributed by atoms with Crippen LogP contribution in [0.2, 0.25) is 0 Å². The minimum atomic E-state index is -3.80. The number of hydrogen-bond acceptors (Lipinski definition) is 8. The number of amides is 1. The Hall–Kier alpha value is -1.95. The molecule has 1 fully saturated rings. The quantitative estimate of drug-likeness (QED) is 0.526. The minimum absolute atomic E-state index is 0.0250. The summed E-state index contributed by atoms with van der Waals surface area (Å²) in [6.45, 7) is 8.22. The normalized spacial score (nSPS) is 15.4. The molecule has 188 valence electrons. The SMILES string of the molecule is CC(C)(C)OC(=O)NCc1ccc(S(=O)(=O)c2ccc(S(=O)(=O)CCCN3CCCC3)cc2)s1. The molecule has 0 spiro atoms. The molecule has 0 saturated carbocycles. The number of nitrogens with zero attached hydrogens (tertiary/aromatic N) is 1. The molecule has 0 radical (unpaired) electrons. The lowest BCUT2D eigenvalue weighted by Crippen LogP contribution is -2.31. The molecule has 1 aliphatic rings. The largest absolute Gasteiger partial charge is 0.444 e. The van der Waals surface area contributed by atoms with Crippen LogP contribution in [0.3, 0.4) is 0 Å². The van der Waals surface area contributed by atoms with E-state index in [1.54, 1.807) is 26.8 Å². The van der Waals surface area contributed by atoms with E-state index in [1.165, 1.54) is 30.3 Å². The number of rotatable bonds is 9. The number of likely N-dealkylation sites (tertiary alicyclic amines) is 1. The second-order valence-electron chi connectivity index (χ2n) is 9.27. The maximum absolute atomic E-state index is 13.0. The van der Waals surface area contributed by atoms with Gasteiger partial charge in [-0.1, -0.05) is 0 Å². The van der Waals surface area contributed by atoms with Crippen LogP contribution in [0.25, 0.3) is 0 Å². The number of sulfone groups is 2. The summed E-state index contributed by atoms with van der Waals surface area (Å²) in [5.74, 6) is 0.0362. The molecule has 11 heteroatoms. The van der Waals surface area contributed by atoms with Gasteiger partial charge in [-0.25, -0.2) is 21.6 Å². The molecule has 3 rings (SSSR count). The van der Waals surface area contributed by atoms with E-state index in [9.17, 15) is 21.6 Å². The maximum Gasteiger partial charge on any atom is 0.407 e. The lowest BCUT2D eigenvalue weighted by atomic mass is 10.2. The van der Waals surface area contributed by atoms with Crippen molar-refractivity contribution in [1.29, 1.82) is 0 Å². The molecular formula is C23H32N2O6S3. The molecule has 0 atom stereocenters. The third-order valence-corrected chi connectivity index (χ3v) is 10.5. The number of carbonyl (C=O) groups excluding carboxylic acids is 1. The van der Waals surface area contributed by atoms with Crippen LogP contribution in [0.1, 0.15) is 44.9 Å². The van der Waals surface area contributed by atoms with Gasteiger partial charge in [0.1, 0.15) is 9.81 Å². The Morgan fingerprint density at radius 3 is 2.24 bits per heavy atom. The van der Waals surface area contributed by atoms with E-state index in [1.807, 2.05) is 0 Å². The second kappa shape index (κ2) is 10.8. The maximum atomic E-state index is 13.0. The summed E-state index contributed by atoms with van der Waals surface area (Å²) in [4.78, 5) is 14.9. The lowest BCUT2D eigenvalue weighted by Gasteiger charge is -2.19. The van der Waals surface area contributed by atoms with Crippen molar-refractivity contribution in [2.45, 2.75) is 66.2 Å². The van der Waals surface area contributed by atoms with E-state index >= 15 is 0 Å². The Morgan fingerprint density at radius 1 is 1.00 bits per heavy atom. The molecule has 2 aromatic rings. The Balaban J connectivity index is 1.61. The summed E-state index contributed by atoms with van der Waals surface area (Å²) in [6.07, 6.45) is 2.30. The third kappa shape index (κ3) is 7.27. The van der Waals surface area contributed by atoms with Crippen LogP contribution in [0.15, 0.2) is 50.4 Å². The van der Waals surface area contributed by atoms with Crippen LogP contribution < -0.4 is 5.32 Å². The van der Waals surface area contributed by atoms with Gasteiger partial charge in [0.15, 0.2) is 9.84 Å². The van der Waals surface area contributed by atoms with Crippen LogP contribution in [0.5, 0.6) is 0 Å². The summed E-state index contributed by atoms with van der Waals surface area (Å²) < 4.78 is 56.6. The van der Waals surface area contributed by atoms with Crippen molar-refractivity contribution in [2.24, 2.45) is 0 Å². The van der Waals surface area contributed by atoms with E-state index in [2.05, 4.69) is 10.2 Å². The summed E-state index contributed by atoms with van der Waals surface area (Å²) in [6, 6.07) is 8.50. The Kier molecular flexibility index (Phi) is 8.43. The predicted octanol–water partition coefficient (Wildman–Crippen LogP) is 3.87. The highest BCUT2D eigenvalue weighted by Gasteiger charge is 2.23. The first-order chi connectivity index (χ1) is 15.9. The number of thiophene rings is 1. The Morgan fingerprint density at radius 2 is 1.62 bits per heavy atom. The van der Waals surface area contributed by atoms with Crippen molar-refractivity contribution >= 4 is 37.1 Å². The van der Waals surface area contributed by atoms with Crippen LogP contribution in [0.4, 0.5) is 4.79 Å². The third-order valence-electron chi connectivity index (χ3n) is 5.29.